The molecule has 0 aliphatic rings. The van der Waals surface area contributed by atoms with Crippen LogP contribution in [0.1, 0.15) is 0 Å². The molecule has 0 aliphatic carbocycles. The Labute approximate surface area is 203 Å². The van der Waals surface area contributed by atoms with Gasteiger partial charge >= 0.3 is 0 Å². The van der Waals surface area contributed by atoms with E-state index in [0.717, 1.165) is 32.0 Å². The number of sulfone groups is 1. The Morgan fingerprint density at radius 3 is 1.35 bits per heavy atom. The summed E-state index contributed by atoms with van der Waals surface area (Å²) < 4.78 is 26.2. The van der Waals surface area contributed by atoms with Gasteiger partial charge in [0, 0.05) is 34.6 Å². The predicted molar refractivity (Wildman–Crippen MR) is 135 cm³/mol. The lowest BCUT2D eigenvalue weighted by molar-refractivity contribution is 0.596. The van der Waals surface area contributed by atoms with E-state index in [0.29, 0.717) is 0 Å². The van der Waals surface area contributed by atoms with E-state index in [1.165, 1.54) is 0 Å². The zero-order chi connectivity index (χ0) is 23.4. The molecule has 166 valence electrons. The minimum Gasteiger partial charge on any atom is -0.264 e. The van der Waals surface area contributed by atoms with E-state index >= 15 is 0 Å². The van der Waals surface area contributed by atoms with Gasteiger partial charge in [0.25, 0.3) is 0 Å². The molecule has 0 unspecified atom stereocenters. The summed E-state index contributed by atoms with van der Waals surface area (Å²) in [6, 6.07) is 29.9. The van der Waals surface area contributed by atoms with Crippen LogP contribution in [0, 0.1) is 0 Å². The first kappa shape index (κ1) is 22.1. The molecular formula is C28H20N2O2S2. The maximum atomic E-state index is 13.1. The van der Waals surface area contributed by atoms with Gasteiger partial charge in [-0.3, -0.25) is 9.97 Å². The fourth-order valence-corrected chi connectivity index (χ4v) is 5.65. The lowest BCUT2D eigenvalue weighted by Gasteiger charge is -2.08. The SMILES string of the molecule is O=S(=O)(c1ccc(Sc2ccc(-c3cccnc3)cc2)cc1)c1ccc(-c2cccnc2)cc1. The number of aromatic nitrogens is 2. The van der Waals surface area contributed by atoms with Crippen molar-refractivity contribution in [2.45, 2.75) is 19.6 Å². The topological polar surface area (TPSA) is 59.9 Å². The van der Waals surface area contributed by atoms with Gasteiger partial charge in [-0.15, -0.1) is 0 Å². The molecule has 0 fully saturated rings. The molecule has 3 aromatic carbocycles. The fourth-order valence-electron chi connectivity index (χ4n) is 3.57. The zero-order valence-corrected chi connectivity index (χ0v) is 19.7. The molecular weight excluding hydrogens is 460 g/mol. The number of pyridine rings is 2. The van der Waals surface area contributed by atoms with Crippen molar-refractivity contribution in [3.63, 3.8) is 0 Å². The average Bonchev–Trinajstić information content (AvgIpc) is 2.90. The van der Waals surface area contributed by atoms with E-state index < -0.39 is 9.84 Å². The number of nitrogens with zero attached hydrogens (tertiary/aromatic N) is 2. The van der Waals surface area contributed by atoms with Gasteiger partial charge in [-0.25, -0.2) is 8.42 Å². The van der Waals surface area contributed by atoms with Crippen molar-refractivity contribution in [1.29, 1.82) is 0 Å². The van der Waals surface area contributed by atoms with Gasteiger partial charge in [0.15, 0.2) is 0 Å². The van der Waals surface area contributed by atoms with Crippen molar-refractivity contribution in [3.8, 4) is 22.3 Å². The molecule has 0 saturated heterocycles. The van der Waals surface area contributed by atoms with E-state index in [9.17, 15) is 8.42 Å². The second-order valence-corrected chi connectivity index (χ2v) is 10.7. The van der Waals surface area contributed by atoms with E-state index in [4.69, 9.17) is 0 Å². The van der Waals surface area contributed by atoms with Gasteiger partial charge in [-0.1, -0.05) is 48.2 Å². The number of hydrogen-bond donors (Lipinski definition) is 0. The Kier molecular flexibility index (Phi) is 6.25. The molecule has 0 N–H and O–H groups in total. The molecule has 0 amide bonds. The van der Waals surface area contributed by atoms with Crippen LogP contribution in [0.4, 0.5) is 0 Å². The summed E-state index contributed by atoms with van der Waals surface area (Å²) in [6.07, 6.45) is 7.07. The van der Waals surface area contributed by atoms with Gasteiger partial charge in [0.1, 0.15) is 0 Å². The summed E-state index contributed by atoms with van der Waals surface area (Å²) in [7, 11) is -3.59. The smallest absolute Gasteiger partial charge is 0.206 e. The maximum Gasteiger partial charge on any atom is 0.206 e. The minimum absolute atomic E-state index is 0.270. The highest BCUT2D eigenvalue weighted by Crippen LogP contribution is 2.31. The van der Waals surface area contributed by atoms with Gasteiger partial charge in [-0.2, -0.15) is 0 Å². The first-order chi connectivity index (χ1) is 16.6. The highest BCUT2D eigenvalue weighted by atomic mass is 32.2. The third-order valence-corrected chi connectivity index (χ3v) is 8.18. The summed E-state index contributed by atoms with van der Waals surface area (Å²) in [4.78, 5) is 10.9. The zero-order valence-electron chi connectivity index (χ0n) is 18.1. The van der Waals surface area contributed by atoms with Crippen molar-refractivity contribution >= 4 is 21.6 Å². The van der Waals surface area contributed by atoms with Gasteiger partial charge in [0.05, 0.1) is 9.79 Å². The number of rotatable bonds is 6. The molecule has 0 bridgehead atoms. The first-order valence-corrected chi connectivity index (χ1v) is 12.9. The lowest BCUT2D eigenvalue weighted by atomic mass is 10.1. The predicted octanol–water partition coefficient (Wildman–Crippen LogP) is 6.79. The monoisotopic (exact) mass is 480 g/mol. The van der Waals surface area contributed by atoms with E-state index in [2.05, 4.69) is 34.2 Å². The van der Waals surface area contributed by atoms with E-state index in [-0.39, 0.29) is 9.79 Å². The molecule has 5 aromatic rings. The summed E-state index contributed by atoms with van der Waals surface area (Å²) >= 11 is 1.59. The molecule has 34 heavy (non-hydrogen) atoms. The van der Waals surface area contributed by atoms with Crippen LogP contribution in [0.2, 0.25) is 0 Å². The highest BCUT2D eigenvalue weighted by molar-refractivity contribution is 7.99. The molecule has 0 aliphatic heterocycles. The van der Waals surface area contributed by atoms with Gasteiger partial charge in [0.2, 0.25) is 9.84 Å². The number of hydrogen-bond acceptors (Lipinski definition) is 5. The Morgan fingerprint density at radius 1 is 0.500 bits per heavy atom. The van der Waals surface area contributed by atoms with Crippen molar-refractivity contribution in [3.05, 3.63) is 122 Å². The van der Waals surface area contributed by atoms with Crippen LogP contribution in [0.15, 0.2) is 141 Å². The normalized spacial score (nSPS) is 11.3. The first-order valence-electron chi connectivity index (χ1n) is 10.6. The third kappa shape index (κ3) is 4.78. The van der Waals surface area contributed by atoms with Crippen molar-refractivity contribution < 1.29 is 8.42 Å². The molecule has 0 saturated carbocycles. The fraction of sp³-hybridized carbons (Fsp3) is 0. The van der Waals surface area contributed by atoms with E-state index in [1.54, 1.807) is 54.6 Å². The summed E-state index contributed by atoms with van der Waals surface area (Å²) in [6.45, 7) is 0. The van der Waals surface area contributed by atoms with Crippen molar-refractivity contribution in [2.75, 3.05) is 0 Å². The van der Waals surface area contributed by atoms with Crippen LogP contribution in [-0.2, 0) is 9.84 Å². The second kappa shape index (κ2) is 9.63. The third-order valence-electron chi connectivity index (χ3n) is 5.38. The summed E-state index contributed by atoms with van der Waals surface area (Å²) in [5, 5.41) is 0. The van der Waals surface area contributed by atoms with Crippen molar-refractivity contribution in [2.24, 2.45) is 0 Å². The molecule has 2 aromatic heterocycles. The van der Waals surface area contributed by atoms with Crippen LogP contribution in [0.3, 0.4) is 0 Å². The highest BCUT2D eigenvalue weighted by Gasteiger charge is 2.17. The molecule has 0 spiro atoms. The minimum atomic E-state index is -3.59. The van der Waals surface area contributed by atoms with E-state index in [1.807, 2.05) is 54.7 Å². The van der Waals surface area contributed by atoms with Crippen LogP contribution in [-0.4, -0.2) is 18.4 Å². The quantitative estimate of drug-likeness (QED) is 0.268. The molecule has 0 radical (unpaired) electrons. The van der Waals surface area contributed by atoms with Gasteiger partial charge in [-0.05, 0) is 82.9 Å². The summed E-state index contributed by atoms with van der Waals surface area (Å²) in [5.41, 5.74) is 4.05. The molecule has 2 heterocycles. The second-order valence-electron chi connectivity index (χ2n) is 7.61. The number of benzene rings is 3. The standard InChI is InChI=1S/C28H20N2O2S2/c31-34(32,27-13-7-22(8-14-27)24-4-2-18-30-20-24)28-15-11-26(12-16-28)33-25-9-5-21(6-10-25)23-3-1-17-29-19-23/h1-20H. The summed E-state index contributed by atoms with van der Waals surface area (Å²) in [5.74, 6) is 0. The molecule has 4 nitrogen and oxygen atoms in total. The van der Waals surface area contributed by atoms with Crippen LogP contribution < -0.4 is 0 Å². The largest absolute Gasteiger partial charge is 0.264 e. The Balaban J connectivity index is 1.30. The molecule has 0 atom stereocenters. The Hall–Kier alpha value is -3.74. The van der Waals surface area contributed by atoms with Crippen LogP contribution >= 0.6 is 11.8 Å². The maximum absolute atomic E-state index is 13.1. The van der Waals surface area contributed by atoms with Crippen molar-refractivity contribution in [1.82, 2.24) is 9.97 Å². The Morgan fingerprint density at radius 2 is 0.912 bits per heavy atom. The Bertz CT molecular complexity index is 1490. The molecule has 6 heteroatoms. The van der Waals surface area contributed by atoms with Crippen LogP contribution in [0.25, 0.3) is 22.3 Å². The van der Waals surface area contributed by atoms with Gasteiger partial charge < -0.3 is 0 Å². The average molecular weight is 481 g/mol. The van der Waals surface area contributed by atoms with Crippen LogP contribution in [0.5, 0.6) is 0 Å². The molecule has 5 rings (SSSR count). The lowest BCUT2D eigenvalue weighted by Crippen LogP contribution is -2.01.